The smallest absolute Gasteiger partial charge is 0.151 e. The molecule has 6 heteroatoms. The van der Waals surface area contributed by atoms with Crippen LogP contribution >= 0.6 is 0 Å². The molecular weight excluding hydrogens is 274 g/mol. The lowest BCUT2D eigenvalue weighted by Gasteiger charge is -2.14. The second-order valence-corrected chi connectivity index (χ2v) is 5.36. The Kier molecular flexibility index (Phi) is 3.98. The summed E-state index contributed by atoms with van der Waals surface area (Å²) < 4.78 is 28.1. The molecule has 1 N–H and O–H groups in total. The standard InChI is InChI=1S/C15H18F2N4/c1-18-12-4-6-20(9-12)10-13-5-7-21(19-13)15-3-2-11(16)8-14(15)17/h2-3,5,7-8,12,18H,4,6,9-10H2,1H3. The van der Waals surface area contributed by atoms with Crippen molar-refractivity contribution in [3.63, 3.8) is 0 Å². The first-order valence-corrected chi connectivity index (χ1v) is 7.05. The van der Waals surface area contributed by atoms with E-state index >= 15 is 0 Å². The van der Waals surface area contributed by atoms with Crippen LogP contribution in [0.15, 0.2) is 30.5 Å². The molecule has 0 spiro atoms. The lowest BCUT2D eigenvalue weighted by Crippen LogP contribution is -2.29. The van der Waals surface area contributed by atoms with Crippen LogP contribution in [0, 0.1) is 11.6 Å². The molecule has 1 saturated heterocycles. The molecule has 4 nitrogen and oxygen atoms in total. The van der Waals surface area contributed by atoms with Gasteiger partial charge in [0.15, 0.2) is 5.82 Å². The van der Waals surface area contributed by atoms with Crippen molar-refractivity contribution in [2.24, 2.45) is 0 Å². The fourth-order valence-corrected chi connectivity index (χ4v) is 2.69. The van der Waals surface area contributed by atoms with Crippen LogP contribution in [-0.2, 0) is 6.54 Å². The van der Waals surface area contributed by atoms with Crippen molar-refractivity contribution in [3.8, 4) is 5.69 Å². The third-order valence-electron chi connectivity index (χ3n) is 3.87. The van der Waals surface area contributed by atoms with Gasteiger partial charge in [-0.2, -0.15) is 5.10 Å². The fraction of sp³-hybridized carbons (Fsp3) is 0.400. The van der Waals surface area contributed by atoms with E-state index in [2.05, 4.69) is 15.3 Å². The number of halogens is 2. The maximum Gasteiger partial charge on any atom is 0.151 e. The van der Waals surface area contributed by atoms with E-state index < -0.39 is 11.6 Å². The van der Waals surface area contributed by atoms with Crippen molar-refractivity contribution in [2.45, 2.75) is 19.0 Å². The quantitative estimate of drug-likeness (QED) is 0.935. The van der Waals surface area contributed by atoms with Gasteiger partial charge in [-0.1, -0.05) is 0 Å². The van der Waals surface area contributed by atoms with Gasteiger partial charge in [0.1, 0.15) is 11.5 Å². The summed E-state index contributed by atoms with van der Waals surface area (Å²) in [7, 11) is 1.97. The average Bonchev–Trinajstić information content (AvgIpc) is 3.08. The highest BCUT2D eigenvalue weighted by atomic mass is 19.1. The lowest BCUT2D eigenvalue weighted by atomic mass is 10.3. The molecule has 1 unspecified atom stereocenters. The van der Waals surface area contributed by atoms with Gasteiger partial charge in [0, 0.05) is 37.9 Å². The first-order valence-electron chi connectivity index (χ1n) is 7.05. The molecular formula is C15H18F2N4. The molecule has 1 aromatic carbocycles. The lowest BCUT2D eigenvalue weighted by molar-refractivity contribution is 0.317. The van der Waals surface area contributed by atoms with E-state index in [0.717, 1.165) is 37.8 Å². The Morgan fingerprint density at radius 3 is 2.90 bits per heavy atom. The molecule has 0 amide bonds. The number of rotatable bonds is 4. The summed E-state index contributed by atoms with van der Waals surface area (Å²) in [6.45, 7) is 2.77. The number of nitrogens with zero attached hydrogens (tertiary/aromatic N) is 3. The second-order valence-electron chi connectivity index (χ2n) is 5.36. The molecule has 21 heavy (non-hydrogen) atoms. The van der Waals surface area contributed by atoms with Gasteiger partial charge in [0.25, 0.3) is 0 Å². The zero-order chi connectivity index (χ0) is 14.8. The first kappa shape index (κ1) is 14.2. The molecule has 1 aromatic heterocycles. The van der Waals surface area contributed by atoms with Gasteiger partial charge >= 0.3 is 0 Å². The van der Waals surface area contributed by atoms with Gasteiger partial charge in [0.05, 0.1) is 5.69 Å². The summed E-state index contributed by atoms with van der Waals surface area (Å²) in [4.78, 5) is 2.31. The highest BCUT2D eigenvalue weighted by Gasteiger charge is 2.21. The van der Waals surface area contributed by atoms with Crippen molar-refractivity contribution >= 4 is 0 Å². The van der Waals surface area contributed by atoms with Crippen molar-refractivity contribution < 1.29 is 8.78 Å². The van der Waals surface area contributed by atoms with Gasteiger partial charge in [-0.05, 0) is 31.7 Å². The number of benzene rings is 1. The van der Waals surface area contributed by atoms with Crippen LogP contribution in [0.4, 0.5) is 8.78 Å². The molecule has 0 saturated carbocycles. The van der Waals surface area contributed by atoms with Crippen molar-refractivity contribution in [2.75, 3.05) is 20.1 Å². The van der Waals surface area contributed by atoms with Crippen LogP contribution in [0.5, 0.6) is 0 Å². The van der Waals surface area contributed by atoms with Crippen LogP contribution < -0.4 is 5.32 Å². The van der Waals surface area contributed by atoms with Gasteiger partial charge in [0.2, 0.25) is 0 Å². The molecule has 1 fully saturated rings. The zero-order valence-corrected chi connectivity index (χ0v) is 11.9. The Morgan fingerprint density at radius 2 is 2.19 bits per heavy atom. The minimum atomic E-state index is -0.610. The van der Waals surface area contributed by atoms with E-state index in [4.69, 9.17) is 0 Å². The number of hydrogen-bond donors (Lipinski definition) is 1. The summed E-state index contributed by atoms with van der Waals surface area (Å²) in [5, 5.41) is 7.65. The Morgan fingerprint density at radius 1 is 1.33 bits per heavy atom. The topological polar surface area (TPSA) is 33.1 Å². The first-order chi connectivity index (χ1) is 10.2. The van der Waals surface area contributed by atoms with Gasteiger partial charge in [-0.25, -0.2) is 13.5 Å². The van der Waals surface area contributed by atoms with Crippen molar-refractivity contribution in [3.05, 3.63) is 47.8 Å². The zero-order valence-electron chi connectivity index (χ0n) is 11.9. The number of aromatic nitrogens is 2. The number of nitrogens with one attached hydrogen (secondary N) is 1. The van der Waals surface area contributed by atoms with Crippen molar-refractivity contribution in [1.82, 2.24) is 20.0 Å². The average molecular weight is 292 g/mol. The summed E-state index contributed by atoms with van der Waals surface area (Å²) in [5.74, 6) is -1.19. The molecule has 0 radical (unpaired) electrons. The van der Waals surface area contributed by atoms with E-state index in [1.165, 1.54) is 16.8 Å². The maximum atomic E-state index is 13.7. The van der Waals surface area contributed by atoms with Gasteiger partial charge < -0.3 is 5.32 Å². The number of likely N-dealkylation sites (N-methyl/N-ethyl adjacent to an activating group) is 1. The Labute approximate surface area is 122 Å². The minimum Gasteiger partial charge on any atom is -0.316 e. The van der Waals surface area contributed by atoms with E-state index in [1.54, 1.807) is 6.20 Å². The molecule has 1 aliphatic rings. The number of hydrogen-bond acceptors (Lipinski definition) is 3. The summed E-state index contributed by atoms with van der Waals surface area (Å²) in [5.41, 5.74) is 1.15. The molecule has 0 aliphatic carbocycles. The highest BCUT2D eigenvalue weighted by Crippen LogP contribution is 2.16. The molecule has 3 rings (SSSR count). The predicted molar refractivity (Wildman–Crippen MR) is 76.2 cm³/mol. The largest absolute Gasteiger partial charge is 0.316 e. The monoisotopic (exact) mass is 292 g/mol. The van der Waals surface area contributed by atoms with E-state index in [1.807, 2.05) is 13.1 Å². The van der Waals surface area contributed by atoms with Crippen LogP contribution in [0.1, 0.15) is 12.1 Å². The van der Waals surface area contributed by atoms with Crippen LogP contribution in [0.3, 0.4) is 0 Å². The van der Waals surface area contributed by atoms with E-state index in [-0.39, 0.29) is 5.69 Å². The Balaban J connectivity index is 1.71. The Hall–Kier alpha value is -1.79. The molecule has 1 aliphatic heterocycles. The third-order valence-corrected chi connectivity index (χ3v) is 3.87. The molecule has 1 atom stereocenters. The summed E-state index contributed by atoms with van der Waals surface area (Å²) in [6, 6.07) is 5.90. The van der Waals surface area contributed by atoms with Crippen LogP contribution in [0.25, 0.3) is 5.69 Å². The fourth-order valence-electron chi connectivity index (χ4n) is 2.69. The highest BCUT2D eigenvalue weighted by molar-refractivity contribution is 5.33. The summed E-state index contributed by atoms with van der Waals surface area (Å²) >= 11 is 0. The third kappa shape index (κ3) is 3.11. The Bertz CT molecular complexity index is 626. The summed E-state index contributed by atoms with van der Waals surface area (Å²) in [6.07, 6.45) is 2.83. The maximum absolute atomic E-state index is 13.7. The van der Waals surface area contributed by atoms with E-state index in [9.17, 15) is 8.78 Å². The van der Waals surface area contributed by atoms with Gasteiger partial charge in [-0.15, -0.1) is 0 Å². The van der Waals surface area contributed by atoms with E-state index in [0.29, 0.717) is 6.04 Å². The normalized spacial score (nSPS) is 19.3. The SMILES string of the molecule is CNC1CCN(Cc2ccn(-c3ccc(F)cc3F)n2)C1. The molecule has 2 heterocycles. The minimum absolute atomic E-state index is 0.261. The second kappa shape index (κ2) is 5.91. The molecule has 0 bridgehead atoms. The predicted octanol–water partition coefficient (Wildman–Crippen LogP) is 1.94. The molecule has 2 aromatic rings. The van der Waals surface area contributed by atoms with Crippen LogP contribution in [-0.4, -0.2) is 40.9 Å². The van der Waals surface area contributed by atoms with Crippen molar-refractivity contribution in [1.29, 1.82) is 0 Å². The van der Waals surface area contributed by atoms with Crippen LogP contribution in [0.2, 0.25) is 0 Å². The van der Waals surface area contributed by atoms with Gasteiger partial charge in [-0.3, -0.25) is 4.90 Å². The number of likely N-dealkylation sites (tertiary alicyclic amines) is 1. The molecule has 112 valence electrons.